The largest absolute Gasteiger partial charge is 0.481 e. The molecule has 0 aromatic carbocycles. The maximum absolute atomic E-state index is 11.8. The maximum Gasteiger partial charge on any atom is 0.317 e. The third kappa shape index (κ3) is 6.96. The number of hydrogen-bond acceptors (Lipinski definition) is 3. The average Bonchev–Trinajstić information content (AvgIpc) is 2.25. The zero-order valence-corrected chi connectivity index (χ0v) is 13.0. The van der Waals surface area contributed by atoms with Gasteiger partial charge in [-0.05, 0) is 27.7 Å². The van der Waals surface area contributed by atoms with Crippen LogP contribution in [-0.4, -0.2) is 53.1 Å². The Morgan fingerprint density at radius 2 is 1.70 bits per heavy atom. The van der Waals surface area contributed by atoms with Gasteiger partial charge in [-0.1, -0.05) is 6.92 Å². The lowest BCUT2D eigenvalue weighted by Gasteiger charge is -2.26. The van der Waals surface area contributed by atoms with Crippen molar-refractivity contribution in [3.8, 4) is 0 Å². The van der Waals surface area contributed by atoms with Crippen molar-refractivity contribution >= 4 is 17.9 Å². The summed E-state index contributed by atoms with van der Waals surface area (Å²) in [6.07, 6.45) is 0. The fraction of sp³-hybridized carbons (Fsp3) is 0.769. The Kier molecular flexibility index (Phi) is 6.48. The molecule has 3 N–H and O–H groups in total. The van der Waals surface area contributed by atoms with Crippen LogP contribution in [0, 0.1) is 5.92 Å². The molecular weight excluding hydrogens is 262 g/mol. The monoisotopic (exact) mass is 287 g/mol. The second-order valence-electron chi connectivity index (χ2n) is 6.03. The minimum atomic E-state index is -0.969. The number of amides is 3. The van der Waals surface area contributed by atoms with Gasteiger partial charge in [-0.25, -0.2) is 4.79 Å². The summed E-state index contributed by atoms with van der Waals surface area (Å²) in [5, 5.41) is 14.1. The molecule has 0 saturated carbocycles. The molecule has 0 fully saturated rings. The van der Waals surface area contributed by atoms with E-state index < -0.39 is 24.0 Å². The summed E-state index contributed by atoms with van der Waals surface area (Å²) in [4.78, 5) is 35.6. The lowest BCUT2D eigenvalue weighted by molar-refractivity contribution is -0.141. The van der Waals surface area contributed by atoms with E-state index in [9.17, 15) is 14.4 Å². The SMILES string of the molecule is CC(CN(C)C(=O)NC(C)C(=O)NC(C)(C)C)C(=O)O. The fourth-order valence-electron chi connectivity index (χ4n) is 1.41. The molecule has 3 amide bonds. The third-order valence-electron chi connectivity index (χ3n) is 2.55. The topological polar surface area (TPSA) is 98.7 Å². The maximum atomic E-state index is 11.8. The van der Waals surface area contributed by atoms with Gasteiger partial charge in [-0.3, -0.25) is 9.59 Å². The highest BCUT2D eigenvalue weighted by Gasteiger charge is 2.23. The molecule has 0 aliphatic heterocycles. The average molecular weight is 287 g/mol. The van der Waals surface area contributed by atoms with Crippen molar-refractivity contribution in [2.75, 3.05) is 13.6 Å². The van der Waals surface area contributed by atoms with Crippen molar-refractivity contribution in [2.24, 2.45) is 5.92 Å². The van der Waals surface area contributed by atoms with Crippen LogP contribution in [0.2, 0.25) is 0 Å². The summed E-state index contributed by atoms with van der Waals surface area (Å²) in [5.74, 6) is -1.92. The lowest BCUT2D eigenvalue weighted by atomic mass is 10.1. The molecule has 0 radical (unpaired) electrons. The molecule has 0 spiro atoms. The van der Waals surface area contributed by atoms with Crippen molar-refractivity contribution in [1.82, 2.24) is 15.5 Å². The Hall–Kier alpha value is -1.79. The first kappa shape index (κ1) is 18.2. The Balaban J connectivity index is 4.38. The zero-order valence-electron chi connectivity index (χ0n) is 13.0. The molecule has 0 aliphatic rings. The van der Waals surface area contributed by atoms with Crippen LogP contribution in [0.4, 0.5) is 4.79 Å². The first-order valence-corrected chi connectivity index (χ1v) is 6.50. The van der Waals surface area contributed by atoms with Crippen molar-refractivity contribution < 1.29 is 19.5 Å². The number of aliphatic carboxylic acids is 1. The van der Waals surface area contributed by atoms with Gasteiger partial charge in [-0.15, -0.1) is 0 Å². The summed E-state index contributed by atoms with van der Waals surface area (Å²) in [6.45, 7) is 8.71. The molecule has 2 atom stereocenters. The normalized spacial score (nSPS) is 14.1. The van der Waals surface area contributed by atoms with Gasteiger partial charge in [0.05, 0.1) is 5.92 Å². The molecule has 0 saturated heterocycles. The standard InChI is InChI=1S/C13H25N3O4/c1-8(11(18)19)7-16(6)12(20)14-9(2)10(17)15-13(3,4)5/h8-9H,7H2,1-6H3,(H,14,20)(H,15,17)(H,18,19). The van der Waals surface area contributed by atoms with Crippen LogP contribution >= 0.6 is 0 Å². The smallest absolute Gasteiger partial charge is 0.317 e. The molecule has 0 aliphatic carbocycles. The molecule has 20 heavy (non-hydrogen) atoms. The number of hydrogen-bond donors (Lipinski definition) is 3. The number of rotatable bonds is 5. The molecule has 0 bridgehead atoms. The first-order chi connectivity index (χ1) is 8.94. The van der Waals surface area contributed by atoms with Gasteiger partial charge in [0.25, 0.3) is 0 Å². The number of carboxylic acid groups (broad SMARTS) is 1. The quantitative estimate of drug-likeness (QED) is 0.691. The summed E-state index contributed by atoms with van der Waals surface area (Å²) < 4.78 is 0. The highest BCUT2D eigenvalue weighted by molar-refractivity contribution is 5.87. The van der Waals surface area contributed by atoms with Gasteiger partial charge in [0, 0.05) is 19.1 Å². The van der Waals surface area contributed by atoms with E-state index in [0.717, 1.165) is 0 Å². The molecule has 7 nitrogen and oxygen atoms in total. The highest BCUT2D eigenvalue weighted by atomic mass is 16.4. The van der Waals surface area contributed by atoms with E-state index in [1.165, 1.54) is 18.9 Å². The van der Waals surface area contributed by atoms with Gasteiger partial charge in [0.2, 0.25) is 5.91 Å². The summed E-state index contributed by atoms with van der Waals surface area (Å²) in [7, 11) is 1.49. The van der Waals surface area contributed by atoms with E-state index in [0.29, 0.717) is 0 Å². The molecule has 0 rings (SSSR count). The highest BCUT2D eigenvalue weighted by Crippen LogP contribution is 2.01. The van der Waals surface area contributed by atoms with E-state index in [1.54, 1.807) is 6.92 Å². The molecule has 0 heterocycles. The second kappa shape index (κ2) is 7.12. The van der Waals surface area contributed by atoms with E-state index in [2.05, 4.69) is 10.6 Å². The van der Waals surface area contributed by atoms with Crippen molar-refractivity contribution in [2.45, 2.75) is 46.2 Å². The van der Waals surface area contributed by atoms with Crippen molar-refractivity contribution in [3.05, 3.63) is 0 Å². The van der Waals surface area contributed by atoms with Gasteiger partial charge < -0.3 is 20.6 Å². The number of urea groups is 1. The van der Waals surface area contributed by atoms with Gasteiger partial charge in [-0.2, -0.15) is 0 Å². The zero-order chi connectivity index (χ0) is 16.1. The second-order valence-corrected chi connectivity index (χ2v) is 6.03. The van der Waals surface area contributed by atoms with Crippen LogP contribution in [0.1, 0.15) is 34.6 Å². The van der Waals surface area contributed by atoms with E-state index >= 15 is 0 Å². The van der Waals surface area contributed by atoms with Crippen LogP contribution in [0.25, 0.3) is 0 Å². The van der Waals surface area contributed by atoms with Crippen LogP contribution in [0.3, 0.4) is 0 Å². The summed E-state index contributed by atoms with van der Waals surface area (Å²) in [5.41, 5.74) is -0.375. The molecule has 116 valence electrons. The first-order valence-electron chi connectivity index (χ1n) is 6.50. The molecule has 7 heteroatoms. The Morgan fingerprint density at radius 3 is 2.10 bits per heavy atom. The van der Waals surface area contributed by atoms with E-state index in [1.807, 2.05) is 20.8 Å². The van der Waals surface area contributed by atoms with Crippen LogP contribution < -0.4 is 10.6 Å². The number of nitrogens with one attached hydrogen (secondary N) is 2. The van der Waals surface area contributed by atoms with Crippen LogP contribution in [-0.2, 0) is 9.59 Å². The van der Waals surface area contributed by atoms with Gasteiger partial charge in [0.15, 0.2) is 0 Å². The predicted molar refractivity (Wildman–Crippen MR) is 75.3 cm³/mol. The van der Waals surface area contributed by atoms with Gasteiger partial charge >= 0.3 is 12.0 Å². The minimum Gasteiger partial charge on any atom is -0.481 e. The fourth-order valence-corrected chi connectivity index (χ4v) is 1.41. The predicted octanol–water partition coefficient (Wildman–Crippen LogP) is 0.652. The Morgan fingerprint density at radius 1 is 1.20 bits per heavy atom. The molecule has 0 aromatic heterocycles. The van der Waals surface area contributed by atoms with Crippen molar-refractivity contribution in [3.63, 3.8) is 0 Å². The van der Waals surface area contributed by atoms with E-state index in [4.69, 9.17) is 5.11 Å². The number of carbonyl (C=O) groups is 3. The number of carbonyl (C=O) groups excluding carboxylic acids is 2. The summed E-state index contributed by atoms with van der Waals surface area (Å²) >= 11 is 0. The molecule has 2 unspecified atom stereocenters. The molecular formula is C13H25N3O4. The minimum absolute atomic E-state index is 0.0782. The number of nitrogens with zero attached hydrogens (tertiary/aromatic N) is 1. The van der Waals surface area contributed by atoms with Crippen LogP contribution in [0.5, 0.6) is 0 Å². The Labute approximate surface area is 119 Å². The van der Waals surface area contributed by atoms with Crippen LogP contribution in [0.15, 0.2) is 0 Å². The number of carboxylic acids is 1. The third-order valence-corrected chi connectivity index (χ3v) is 2.55. The van der Waals surface area contributed by atoms with Crippen molar-refractivity contribution in [1.29, 1.82) is 0 Å². The Bertz CT molecular complexity index is 376. The van der Waals surface area contributed by atoms with Gasteiger partial charge in [0.1, 0.15) is 6.04 Å². The lowest BCUT2D eigenvalue weighted by Crippen LogP contribution is -2.53. The van der Waals surface area contributed by atoms with E-state index in [-0.39, 0.29) is 18.0 Å². The molecule has 0 aromatic rings. The summed E-state index contributed by atoms with van der Waals surface area (Å²) in [6, 6.07) is -1.17.